The molecule has 19 heavy (non-hydrogen) atoms. The van der Waals surface area contributed by atoms with Crippen LogP contribution >= 0.6 is 15.9 Å². The number of benzene rings is 1. The first-order valence-electron chi connectivity index (χ1n) is 6.77. The second kappa shape index (κ2) is 6.06. The number of carbonyl (C=O) groups excluding carboxylic acids is 1. The Bertz CT molecular complexity index is 455. The van der Waals surface area contributed by atoms with E-state index < -0.39 is 0 Å². The Labute approximate surface area is 123 Å². The van der Waals surface area contributed by atoms with E-state index in [1.54, 1.807) is 0 Å². The fourth-order valence-electron chi connectivity index (χ4n) is 3.02. The minimum Gasteiger partial charge on any atom is -0.338 e. The third kappa shape index (κ3) is 3.18. The van der Waals surface area contributed by atoms with Crippen LogP contribution in [0.2, 0.25) is 0 Å². The summed E-state index contributed by atoms with van der Waals surface area (Å²) in [6.45, 7) is 2.67. The predicted molar refractivity (Wildman–Crippen MR) is 81.2 cm³/mol. The Morgan fingerprint density at radius 1 is 1.42 bits per heavy atom. The van der Waals surface area contributed by atoms with E-state index in [2.05, 4.69) is 15.9 Å². The lowest BCUT2D eigenvalue weighted by Gasteiger charge is -2.29. The highest BCUT2D eigenvalue weighted by atomic mass is 79.9. The zero-order valence-electron chi connectivity index (χ0n) is 11.5. The lowest BCUT2D eigenvalue weighted by Crippen LogP contribution is -2.41. The van der Waals surface area contributed by atoms with Gasteiger partial charge in [0.1, 0.15) is 0 Å². The molecule has 1 aromatic rings. The molecule has 1 aliphatic carbocycles. The first-order valence-corrected chi connectivity index (χ1v) is 7.56. The molecular weight excluding hydrogens is 304 g/mol. The fourth-order valence-corrected chi connectivity index (χ4v) is 3.62. The molecule has 1 fully saturated rings. The molecule has 0 saturated heterocycles. The van der Waals surface area contributed by atoms with Crippen molar-refractivity contribution in [2.75, 3.05) is 13.6 Å². The number of aryl methyl sites for hydroxylation is 1. The summed E-state index contributed by atoms with van der Waals surface area (Å²) in [6.07, 6.45) is 3.37. The third-order valence-electron chi connectivity index (χ3n) is 4.03. The minimum atomic E-state index is 0.0924. The summed E-state index contributed by atoms with van der Waals surface area (Å²) in [6, 6.07) is 6.13. The largest absolute Gasteiger partial charge is 0.338 e. The quantitative estimate of drug-likeness (QED) is 0.929. The summed E-state index contributed by atoms with van der Waals surface area (Å²) in [4.78, 5) is 14.4. The van der Waals surface area contributed by atoms with Crippen LogP contribution in [-0.2, 0) is 0 Å². The standard InChI is InChI=1S/C15H21BrN2O/c1-10-6-12(8-13(16)7-10)15(19)18(2)14-5-3-4-11(14)9-17/h6-8,11,14H,3-5,9,17H2,1-2H3. The van der Waals surface area contributed by atoms with Crippen LogP contribution in [0.3, 0.4) is 0 Å². The lowest BCUT2D eigenvalue weighted by molar-refractivity contribution is 0.0699. The van der Waals surface area contributed by atoms with E-state index in [0.29, 0.717) is 12.5 Å². The highest BCUT2D eigenvalue weighted by molar-refractivity contribution is 9.10. The van der Waals surface area contributed by atoms with Gasteiger partial charge in [0, 0.05) is 23.1 Å². The summed E-state index contributed by atoms with van der Waals surface area (Å²) in [5.41, 5.74) is 7.64. The number of hydrogen-bond acceptors (Lipinski definition) is 2. The van der Waals surface area contributed by atoms with Crippen LogP contribution in [0.4, 0.5) is 0 Å². The Morgan fingerprint density at radius 2 is 2.16 bits per heavy atom. The maximum atomic E-state index is 12.6. The smallest absolute Gasteiger partial charge is 0.253 e. The Morgan fingerprint density at radius 3 is 2.79 bits per heavy atom. The summed E-state index contributed by atoms with van der Waals surface area (Å²) in [5.74, 6) is 0.539. The van der Waals surface area contributed by atoms with E-state index >= 15 is 0 Å². The van der Waals surface area contributed by atoms with Crippen LogP contribution < -0.4 is 5.73 Å². The van der Waals surface area contributed by atoms with Gasteiger partial charge < -0.3 is 10.6 Å². The molecule has 0 heterocycles. The molecule has 2 unspecified atom stereocenters. The van der Waals surface area contributed by atoms with Crippen LogP contribution in [0.1, 0.15) is 35.2 Å². The van der Waals surface area contributed by atoms with Crippen molar-refractivity contribution in [2.24, 2.45) is 11.7 Å². The molecule has 0 spiro atoms. The van der Waals surface area contributed by atoms with Crippen LogP contribution in [0.15, 0.2) is 22.7 Å². The topological polar surface area (TPSA) is 46.3 Å². The van der Waals surface area contributed by atoms with Crippen molar-refractivity contribution in [2.45, 2.75) is 32.2 Å². The average Bonchev–Trinajstić information content (AvgIpc) is 2.84. The predicted octanol–water partition coefficient (Wildman–Crippen LogP) is 2.96. The molecule has 0 bridgehead atoms. The number of amides is 1. The van der Waals surface area contributed by atoms with E-state index in [1.165, 1.54) is 6.42 Å². The molecule has 0 aromatic heterocycles. The van der Waals surface area contributed by atoms with Crippen LogP contribution in [0.5, 0.6) is 0 Å². The summed E-state index contributed by atoms with van der Waals surface area (Å²) < 4.78 is 0.950. The number of carbonyl (C=O) groups is 1. The number of halogens is 1. The van der Waals surface area contributed by atoms with Gasteiger partial charge in [0.25, 0.3) is 5.91 Å². The van der Waals surface area contributed by atoms with Crippen LogP contribution in [-0.4, -0.2) is 30.4 Å². The summed E-state index contributed by atoms with van der Waals surface area (Å²) in [7, 11) is 1.90. The molecule has 2 atom stereocenters. The molecular formula is C15H21BrN2O. The summed E-state index contributed by atoms with van der Waals surface area (Å²) >= 11 is 3.45. The van der Waals surface area contributed by atoms with Crippen molar-refractivity contribution < 1.29 is 4.79 Å². The van der Waals surface area contributed by atoms with Crippen LogP contribution in [0, 0.1) is 12.8 Å². The van der Waals surface area contributed by atoms with Gasteiger partial charge in [0.15, 0.2) is 0 Å². The lowest BCUT2D eigenvalue weighted by atomic mass is 10.0. The van der Waals surface area contributed by atoms with E-state index in [9.17, 15) is 4.79 Å². The van der Waals surface area contributed by atoms with Gasteiger partial charge in [-0.15, -0.1) is 0 Å². The van der Waals surface area contributed by atoms with E-state index in [0.717, 1.165) is 28.4 Å². The first kappa shape index (κ1) is 14.5. The molecule has 1 aromatic carbocycles. The van der Waals surface area contributed by atoms with Gasteiger partial charge in [-0.3, -0.25) is 4.79 Å². The van der Waals surface area contributed by atoms with Crippen molar-refractivity contribution >= 4 is 21.8 Å². The van der Waals surface area contributed by atoms with E-state index in [1.807, 2.05) is 37.1 Å². The Hall–Kier alpha value is -0.870. The third-order valence-corrected chi connectivity index (χ3v) is 4.49. The summed E-state index contributed by atoms with van der Waals surface area (Å²) in [5, 5.41) is 0. The van der Waals surface area contributed by atoms with Crippen molar-refractivity contribution in [3.05, 3.63) is 33.8 Å². The van der Waals surface area contributed by atoms with Gasteiger partial charge in [0.2, 0.25) is 0 Å². The number of nitrogens with zero attached hydrogens (tertiary/aromatic N) is 1. The van der Waals surface area contributed by atoms with E-state index in [-0.39, 0.29) is 11.9 Å². The molecule has 4 heteroatoms. The monoisotopic (exact) mass is 324 g/mol. The van der Waals surface area contributed by atoms with Gasteiger partial charge in [0.05, 0.1) is 0 Å². The number of nitrogens with two attached hydrogens (primary N) is 1. The van der Waals surface area contributed by atoms with Crippen molar-refractivity contribution in [3.63, 3.8) is 0 Å². The van der Waals surface area contributed by atoms with Crippen molar-refractivity contribution in [3.8, 4) is 0 Å². The SMILES string of the molecule is Cc1cc(Br)cc(C(=O)N(C)C2CCCC2CN)c1. The molecule has 1 aliphatic rings. The van der Waals surface area contributed by atoms with E-state index in [4.69, 9.17) is 5.73 Å². The molecule has 2 rings (SSSR count). The molecule has 3 nitrogen and oxygen atoms in total. The molecule has 1 amide bonds. The van der Waals surface area contributed by atoms with Crippen molar-refractivity contribution in [1.82, 2.24) is 4.90 Å². The molecule has 2 N–H and O–H groups in total. The second-order valence-electron chi connectivity index (χ2n) is 5.43. The highest BCUT2D eigenvalue weighted by Gasteiger charge is 2.32. The molecule has 0 radical (unpaired) electrons. The minimum absolute atomic E-state index is 0.0924. The van der Waals surface area contributed by atoms with Gasteiger partial charge >= 0.3 is 0 Å². The number of hydrogen-bond donors (Lipinski definition) is 1. The zero-order chi connectivity index (χ0) is 14.0. The highest BCUT2D eigenvalue weighted by Crippen LogP contribution is 2.29. The maximum absolute atomic E-state index is 12.6. The normalized spacial score (nSPS) is 22.5. The molecule has 104 valence electrons. The average molecular weight is 325 g/mol. The van der Waals surface area contributed by atoms with Gasteiger partial charge in [-0.1, -0.05) is 22.4 Å². The number of rotatable bonds is 3. The van der Waals surface area contributed by atoms with Gasteiger partial charge in [-0.05, 0) is 56.0 Å². The Kier molecular flexibility index (Phi) is 4.63. The fraction of sp³-hybridized carbons (Fsp3) is 0.533. The van der Waals surface area contributed by atoms with Gasteiger partial charge in [-0.25, -0.2) is 0 Å². The van der Waals surface area contributed by atoms with Crippen LogP contribution in [0.25, 0.3) is 0 Å². The molecule has 1 saturated carbocycles. The molecule has 0 aliphatic heterocycles. The van der Waals surface area contributed by atoms with Crippen molar-refractivity contribution in [1.29, 1.82) is 0 Å². The zero-order valence-corrected chi connectivity index (χ0v) is 13.1. The maximum Gasteiger partial charge on any atom is 0.253 e. The second-order valence-corrected chi connectivity index (χ2v) is 6.34. The van der Waals surface area contributed by atoms with Gasteiger partial charge in [-0.2, -0.15) is 0 Å². The first-order chi connectivity index (χ1) is 9.02. The Balaban J connectivity index is 2.18.